The van der Waals surface area contributed by atoms with Gasteiger partial charge in [0.2, 0.25) is 17.8 Å². The van der Waals surface area contributed by atoms with Gasteiger partial charge in [-0.15, -0.1) is 5.10 Å². The molecule has 1 aliphatic heterocycles. The van der Waals surface area contributed by atoms with Crippen LogP contribution in [0.15, 0.2) is 36.9 Å². The second-order valence-corrected chi connectivity index (χ2v) is 9.58. The number of anilines is 1. The summed E-state index contributed by atoms with van der Waals surface area (Å²) in [6.45, 7) is 0.921. The fourth-order valence-corrected chi connectivity index (χ4v) is 4.61. The van der Waals surface area contributed by atoms with Crippen molar-refractivity contribution in [3.05, 3.63) is 48.4 Å². The van der Waals surface area contributed by atoms with E-state index in [1.165, 1.54) is 11.6 Å². The minimum Gasteiger partial charge on any atom is -0.326 e. The predicted octanol–water partition coefficient (Wildman–Crippen LogP) is 2.74. The maximum atomic E-state index is 14.4. The molecule has 1 aliphatic rings. The van der Waals surface area contributed by atoms with Gasteiger partial charge in [0.05, 0.1) is 12.1 Å². The van der Waals surface area contributed by atoms with Gasteiger partial charge in [-0.25, -0.2) is 24.0 Å². The lowest BCUT2D eigenvalue weighted by Gasteiger charge is -2.23. The van der Waals surface area contributed by atoms with Crippen LogP contribution in [-0.4, -0.2) is 81.9 Å². The number of rotatable bonds is 7. The van der Waals surface area contributed by atoms with Crippen LogP contribution >= 0.6 is 0 Å². The van der Waals surface area contributed by atoms with E-state index in [1.807, 2.05) is 0 Å². The maximum Gasteiger partial charge on any atom is 0.408 e. The lowest BCUT2D eigenvalue weighted by molar-refractivity contribution is -0.142. The minimum atomic E-state index is -4.54. The molecule has 1 aromatic carbocycles. The van der Waals surface area contributed by atoms with Crippen molar-refractivity contribution in [2.75, 3.05) is 11.9 Å². The van der Waals surface area contributed by atoms with E-state index in [4.69, 9.17) is 0 Å². The molecule has 2 amide bonds. The Morgan fingerprint density at radius 1 is 1.07 bits per heavy atom. The van der Waals surface area contributed by atoms with E-state index >= 15 is 0 Å². The fourth-order valence-electron chi connectivity index (χ4n) is 4.61. The van der Waals surface area contributed by atoms with Crippen LogP contribution in [0, 0.1) is 6.92 Å². The standard InChI is InChI=1S/C25H23F4N9O3/c1-13(39)22-18-5-15(16-7-30-14(2)31-8-16)3-4-19(18)38(34-22)10-21(40)37-9-17(26)6-20(37)23(41)33-24-32-12-36(35-24)11-25(27,28)29/h3-5,7-8,12,17,20H,6,9-11H2,1-2H3,(H,33,35,41)/t17-,20+/m1/s1. The predicted molar refractivity (Wildman–Crippen MR) is 135 cm³/mol. The van der Waals surface area contributed by atoms with Gasteiger partial charge in [-0.05, 0) is 24.6 Å². The summed E-state index contributed by atoms with van der Waals surface area (Å²) in [5, 5.41) is 10.6. The number of hydrogen-bond donors (Lipinski definition) is 1. The molecule has 0 saturated carbocycles. The number of alkyl halides is 4. The Hall–Kier alpha value is -4.76. The molecule has 214 valence electrons. The molecule has 0 spiro atoms. The average Bonchev–Trinajstić information content (AvgIpc) is 3.60. The van der Waals surface area contributed by atoms with E-state index in [9.17, 15) is 31.9 Å². The van der Waals surface area contributed by atoms with Gasteiger partial charge >= 0.3 is 6.18 Å². The monoisotopic (exact) mass is 573 g/mol. The third kappa shape index (κ3) is 6.05. The van der Waals surface area contributed by atoms with Crippen molar-refractivity contribution in [2.45, 2.75) is 51.7 Å². The van der Waals surface area contributed by atoms with Crippen molar-refractivity contribution in [3.8, 4) is 11.1 Å². The van der Waals surface area contributed by atoms with E-state index < -0.39 is 49.2 Å². The summed E-state index contributed by atoms with van der Waals surface area (Å²) >= 11 is 0. The van der Waals surface area contributed by atoms with E-state index in [2.05, 4.69) is 30.5 Å². The zero-order valence-electron chi connectivity index (χ0n) is 21.8. The molecule has 0 radical (unpaired) electrons. The lowest BCUT2D eigenvalue weighted by Crippen LogP contribution is -2.44. The van der Waals surface area contributed by atoms with Crippen molar-refractivity contribution < 1.29 is 31.9 Å². The second kappa shape index (κ2) is 10.7. The van der Waals surface area contributed by atoms with Crippen LogP contribution in [0.4, 0.5) is 23.5 Å². The fraction of sp³-hybridized carbons (Fsp3) is 0.360. The van der Waals surface area contributed by atoms with Crippen LogP contribution in [-0.2, 0) is 22.7 Å². The molecule has 1 N–H and O–H groups in total. The van der Waals surface area contributed by atoms with E-state index in [-0.39, 0.29) is 24.4 Å². The Labute approximate surface area is 229 Å². The van der Waals surface area contributed by atoms with Gasteiger partial charge in [-0.1, -0.05) is 6.07 Å². The number of carbonyl (C=O) groups is 3. The number of halogens is 4. The molecule has 1 saturated heterocycles. The van der Waals surface area contributed by atoms with Gasteiger partial charge in [-0.2, -0.15) is 18.3 Å². The number of hydrogen-bond acceptors (Lipinski definition) is 8. The molecule has 2 atom stereocenters. The zero-order chi connectivity index (χ0) is 29.5. The molecule has 5 rings (SSSR count). The molecule has 3 aromatic heterocycles. The van der Waals surface area contributed by atoms with E-state index in [0.29, 0.717) is 27.0 Å². The minimum absolute atomic E-state index is 0.127. The number of Topliss-reactive ketones (excluding diaryl/α,β-unsaturated/α-hetero) is 1. The average molecular weight is 574 g/mol. The number of likely N-dealkylation sites (tertiary alicyclic amines) is 1. The summed E-state index contributed by atoms with van der Waals surface area (Å²) in [6, 6.07) is 3.93. The van der Waals surface area contributed by atoms with Crippen LogP contribution in [0.3, 0.4) is 0 Å². The Morgan fingerprint density at radius 2 is 1.80 bits per heavy atom. The number of aromatic nitrogens is 7. The van der Waals surface area contributed by atoms with Crippen LogP contribution < -0.4 is 5.32 Å². The molecule has 0 unspecified atom stereocenters. The molecule has 0 bridgehead atoms. The van der Waals surface area contributed by atoms with Crippen LogP contribution in [0.1, 0.15) is 29.7 Å². The van der Waals surface area contributed by atoms with Gasteiger partial charge in [0.25, 0.3) is 0 Å². The summed E-state index contributed by atoms with van der Waals surface area (Å²) in [5.74, 6) is -1.63. The molecular formula is C25H23F4N9O3. The van der Waals surface area contributed by atoms with Crippen molar-refractivity contribution in [3.63, 3.8) is 0 Å². The molecule has 0 aliphatic carbocycles. The number of benzene rings is 1. The highest BCUT2D eigenvalue weighted by Crippen LogP contribution is 2.28. The largest absolute Gasteiger partial charge is 0.408 e. The Kier molecular flexibility index (Phi) is 7.23. The van der Waals surface area contributed by atoms with Crippen molar-refractivity contribution in [1.82, 2.24) is 39.4 Å². The van der Waals surface area contributed by atoms with Gasteiger partial charge in [-0.3, -0.25) is 24.4 Å². The smallest absolute Gasteiger partial charge is 0.326 e. The molecule has 41 heavy (non-hydrogen) atoms. The number of nitrogens with one attached hydrogen (secondary N) is 1. The highest BCUT2D eigenvalue weighted by Gasteiger charge is 2.40. The SMILES string of the molecule is CC(=O)c1nn(CC(=O)N2C[C@H](F)C[C@H]2C(=O)Nc2ncn(CC(F)(F)F)n2)c2ccc(-c3cnc(C)nc3)cc12. The molecule has 16 heteroatoms. The molecule has 4 heterocycles. The lowest BCUT2D eigenvalue weighted by atomic mass is 10.0. The summed E-state index contributed by atoms with van der Waals surface area (Å²) in [6.07, 6.45) is -2.28. The van der Waals surface area contributed by atoms with Gasteiger partial charge in [0.1, 0.15) is 43.1 Å². The summed E-state index contributed by atoms with van der Waals surface area (Å²) in [7, 11) is 0. The summed E-state index contributed by atoms with van der Waals surface area (Å²) in [4.78, 5) is 51.5. The normalized spacial score (nSPS) is 17.3. The van der Waals surface area contributed by atoms with E-state index in [0.717, 1.165) is 16.8 Å². The number of fused-ring (bicyclic) bond motifs is 1. The Morgan fingerprint density at radius 3 is 2.49 bits per heavy atom. The summed E-state index contributed by atoms with van der Waals surface area (Å²) < 4.78 is 53.9. The van der Waals surface area contributed by atoms with Crippen molar-refractivity contribution in [2.24, 2.45) is 0 Å². The second-order valence-electron chi connectivity index (χ2n) is 9.58. The first-order valence-electron chi connectivity index (χ1n) is 12.4. The number of aryl methyl sites for hydroxylation is 1. The van der Waals surface area contributed by atoms with E-state index in [1.54, 1.807) is 37.5 Å². The van der Waals surface area contributed by atoms with Crippen LogP contribution in [0.5, 0.6) is 0 Å². The first-order chi connectivity index (χ1) is 19.4. The highest BCUT2D eigenvalue weighted by atomic mass is 19.4. The number of amides is 2. The first-order valence-corrected chi connectivity index (χ1v) is 12.4. The topological polar surface area (TPSA) is 141 Å². The van der Waals surface area contributed by atoms with Crippen LogP contribution in [0.25, 0.3) is 22.0 Å². The van der Waals surface area contributed by atoms with Crippen molar-refractivity contribution >= 4 is 34.4 Å². The maximum absolute atomic E-state index is 14.4. The molecule has 1 fully saturated rings. The molecule has 12 nitrogen and oxygen atoms in total. The third-order valence-electron chi connectivity index (χ3n) is 6.47. The zero-order valence-corrected chi connectivity index (χ0v) is 21.8. The van der Waals surface area contributed by atoms with Gasteiger partial charge in [0.15, 0.2) is 5.78 Å². The molecular weight excluding hydrogens is 550 g/mol. The van der Waals surface area contributed by atoms with Gasteiger partial charge < -0.3 is 4.90 Å². The number of ketones is 1. The van der Waals surface area contributed by atoms with Crippen molar-refractivity contribution in [1.29, 1.82) is 0 Å². The quantitative estimate of drug-likeness (QED) is 0.263. The third-order valence-corrected chi connectivity index (χ3v) is 6.47. The summed E-state index contributed by atoms with van der Waals surface area (Å²) in [5.41, 5.74) is 2.04. The highest BCUT2D eigenvalue weighted by molar-refractivity contribution is 6.06. The Bertz CT molecular complexity index is 1630. The number of carbonyl (C=O) groups excluding carboxylic acids is 3. The van der Waals surface area contributed by atoms with Crippen LogP contribution in [0.2, 0.25) is 0 Å². The first kappa shape index (κ1) is 27.8. The molecule has 4 aromatic rings. The Balaban J connectivity index is 1.36. The van der Waals surface area contributed by atoms with Gasteiger partial charge in [0, 0.05) is 36.7 Å². The number of nitrogens with zero attached hydrogens (tertiary/aromatic N) is 8.